The fourth-order valence-corrected chi connectivity index (χ4v) is 4.00. The fourth-order valence-electron chi connectivity index (χ4n) is 4.00. The van der Waals surface area contributed by atoms with Crippen molar-refractivity contribution in [3.63, 3.8) is 0 Å². The number of hydrogen-bond donors (Lipinski definition) is 1. The Morgan fingerprint density at radius 3 is 2.54 bits per heavy atom. The Bertz CT molecular complexity index is 485. The van der Waals surface area contributed by atoms with Crippen LogP contribution in [0.3, 0.4) is 0 Å². The van der Waals surface area contributed by atoms with E-state index < -0.39 is 0 Å². The van der Waals surface area contributed by atoms with Crippen molar-refractivity contribution in [3.05, 3.63) is 29.8 Å². The van der Waals surface area contributed by atoms with Gasteiger partial charge in [0.25, 0.3) is 0 Å². The average Bonchev–Trinajstić information content (AvgIpc) is 3.22. The van der Waals surface area contributed by atoms with E-state index in [1.54, 1.807) is 0 Å². The highest BCUT2D eigenvalue weighted by atomic mass is 16.5. The van der Waals surface area contributed by atoms with E-state index in [0.717, 1.165) is 44.8 Å². The molecule has 0 amide bonds. The summed E-state index contributed by atoms with van der Waals surface area (Å²) in [4.78, 5) is 4.79. The zero-order chi connectivity index (χ0) is 16.8. The quantitative estimate of drug-likeness (QED) is 0.794. The molecule has 0 aromatic heterocycles. The van der Waals surface area contributed by atoms with Crippen LogP contribution >= 0.6 is 0 Å². The molecule has 1 saturated carbocycles. The number of aliphatic hydroxyl groups excluding tert-OH is 1. The third-order valence-corrected chi connectivity index (χ3v) is 5.42. The minimum absolute atomic E-state index is 0.0983. The summed E-state index contributed by atoms with van der Waals surface area (Å²) in [5.74, 6) is 1.41. The fraction of sp³-hybridized carbons (Fsp3) is 0.700. The molecule has 0 radical (unpaired) electrons. The second-order valence-electron chi connectivity index (χ2n) is 7.50. The van der Waals surface area contributed by atoms with E-state index in [1.165, 1.54) is 37.9 Å². The van der Waals surface area contributed by atoms with E-state index in [2.05, 4.69) is 41.1 Å². The second kappa shape index (κ2) is 8.84. The molecular weight excluding hydrogens is 300 g/mol. The molecule has 4 nitrogen and oxygen atoms in total. The first-order valence-electron chi connectivity index (χ1n) is 9.51. The Balaban J connectivity index is 1.38. The summed E-state index contributed by atoms with van der Waals surface area (Å²) in [5.41, 5.74) is 1.30. The van der Waals surface area contributed by atoms with Crippen molar-refractivity contribution in [2.75, 3.05) is 39.8 Å². The second-order valence-corrected chi connectivity index (χ2v) is 7.50. The molecule has 2 atom stereocenters. The summed E-state index contributed by atoms with van der Waals surface area (Å²) in [7, 11) is 2.14. The summed E-state index contributed by atoms with van der Waals surface area (Å²) < 4.78 is 5.86. The van der Waals surface area contributed by atoms with Crippen LogP contribution in [0.2, 0.25) is 0 Å². The van der Waals surface area contributed by atoms with Crippen molar-refractivity contribution in [3.8, 4) is 5.75 Å². The topological polar surface area (TPSA) is 35.9 Å². The average molecular weight is 332 g/mol. The van der Waals surface area contributed by atoms with Crippen LogP contribution in [-0.4, -0.2) is 60.8 Å². The summed E-state index contributed by atoms with van der Waals surface area (Å²) in [6, 6.07) is 8.48. The van der Waals surface area contributed by atoms with Crippen molar-refractivity contribution >= 4 is 0 Å². The maximum atomic E-state index is 9.95. The molecule has 1 saturated heterocycles. The van der Waals surface area contributed by atoms with Gasteiger partial charge in [-0.15, -0.1) is 0 Å². The molecule has 1 N–H and O–H groups in total. The van der Waals surface area contributed by atoms with Crippen molar-refractivity contribution < 1.29 is 9.84 Å². The number of likely N-dealkylation sites (tertiary alicyclic amines) is 1. The number of rotatable bonds is 8. The lowest BCUT2D eigenvalue weighted by atomic mass is 10.1. The molecule has 2 fully saturated rings. The summed E-state index contributed by atoms with van der Waals surface area (Å²) in [6.07, 6.45) is 5.87. The van der Waals surface area contributed by atoms with Gasteiger partial charge in [0.2, 0.25) is 0 Å². The first-order chi connectivity index (χ1) is 11.7. The molecule has 0 bridgehead atoms. The molecule has 4 heteroatoms. The molecule has 1 aliphatic carbocycles. The molecule has 24 heavy (non-hydrogen) atoms. The van der Waals surface area contributed by atoms with Crippen molar-refractivity contribution in [1.82, 2.24) is 9.80 Å². The van der Waals surface area contributed by atoms with E-state index in [-0.39, 0.29) is 6.10 Å². The van der Waals surface area contributed by atoms with E-state index >= 15 is 0 Å². The minimum atomic E-state index is -0.0983. The van der Waals surface area contributed by atoms with Crippen LogP contribution in [0, 0.1) is 5.92 Å². The first-order valence-corrected chi connectivity index (χ1v) is 9.51. The molecule has 2 unspecified atom stereocenters. The Labute approximate surface area is 146 Å². The predicted octanol–water partition coefficient (Wildman–Crippen LogP) is 2.75. The molecule has 3 rings (SSSR count). The van der Waals surface area contributed by atoms with Crippen molar-refractivity contribution in [2.45, 2.75) is 44.8 Å². The lowest BCUT2D eigenvalue weighted by Gasteiger charge is -2.23. The SMILES string of the molecule is CN(Cc1ccc(OCCN2CCCC2)cc1)CC1CCCC1O. The van der Waals surface area contributed by atoms with Gasteiger partial charge in [-0.2, -0.15) is 0 Å². The normalized spacial score (nSPS) is 24.8. The van der Waals surface area contributed by atoms with Gasteiger partial charge in [0.1, 0.15) is 12.4 Å². The van der Waals surface area contributed by atoms with Crippen LogP contribution in [0.15, 0.2) is 24.3 Å². The van der Waals surface area contributed by atoms with Crippen LogP contribution in [0.5, 0.6) is 5.75 Å². The lowest BCUT2D eigenvalue weighted by Crippen LogP contribution is -2.29. The van der Waals surface area contributed by atoms with Gasteiger partial charge < -0.3 is 14.7 Å². The van der Waals surface area contributed by atoms with Crippen molar-refractivity contribution in [2.24, 2.45) is 5.92 Å². The van der Waals surface area contributed by atoms with E-state index in [0.29, 0.717) is 5.92 Å². The van der Waals surface area contributed by atoms with Crippen LogP contribution < -0.4 is 4.74 Å². The molecule has 1 heterocycles. The Kier molecular flexibility index (Phi) is 6.52. The highest BCUT2D eigenvalue weighted by Crippen LogP contribution is 2.26. The first kappa shape index (κ1) is 17.7. The predicted molar refractivity (Wildman–Crippen MR) is 97.3 cm³/mol. The van der Waals surface area contributed by atoms with Crippen LogP contribution in [0.1, 0.15) is 37.7 Å². The number of hydrogen-bond acceptors (Lipinski definition) is 4. The highest BCUT2D eigenvalue weighted by Gasteiger charge is 2.26. The molecule has 1 aromatic rings. The zero-order valence-corrected chi connectivity index (χ0v) is 15.0. The van der Waals surface area contributed by atoms with Gasteiger partial charge in [0.05, 0.1) is 6.10 Å². The Morgan fingerprint density at radius 1 is 1.12 bits per heavy atom. The molecule has 134 valence electrons. The van der Waals surface area contributed by atoms with Gasteiger partial charge in [-0.3, -0.25) is 4.90 Å². The maximum Gasteiger partial charge on any atom is 0.119 e. The monoisotopic (exact) mass is 332 g/mol. The Hall–Kier alpha value is -1.10. The van der Waals surface area contributed by atoms with E-state index in [9.17, 15) is 5.11 Å². The number of aliphatic hydroxyl groups is 1. The maximum absolute atomic E-state index is 9.95. The third-order valence-electron chi connectivity index (χ3n) is 5.42. The number of nitrogens with zero attached hydrogens (tertiary/aromatic N) is 2. The van der Waals surface area contributed by atoms with Gasteiger partial charge in [0.15, 0.2) is 0 Å². The zero-order valence-electron chi connectivity index (χ0n) is 15.0. The molecule has 0 spiro atoms. The van der Waals surface area contributed by atoms with Gasteiger partial charge >= 0.3 is 0 Å². The standard InChI is InChI=1S/C20H32N2O2/c1-21(16-18-5-4-6-20(18)23)15-17-7-9-19(10-8-17)24-14-13-22-11-2-3-12-22/h7-10,18,20,23H,2-6,11-16H2,1H3. The van der Waals surface area contributed by atoms with Gasteiger partial charge in [-0.05, 0) is 69.4 Å². The largest absolute Gasteiger partial charge is 0.492 e. The lowest BCUT2D eigenvalue weighted by molar-refractivity contribution is 0.108. The van der Waals surface area contributed by atoms with Crippen LogP contribution in [0.4, 0.5) is 0 Å². The van der Waals surface area contributed by atoms with Gasteiger partial charge in [-0.1, -0.05) is 18.6 Å². The summed E-state index contributed by atoms with van der Waals surface area (Å²) in [5, 5.41) is 9.95. The van der Waals surface area contributed by atoms with Crippen molar-refractivity contribution in [1.29, 1.82) is 0 Å². The van der Waals surface area contributed by atoms with E-state index in [1.807, 2.05) is 0 Å². The number of ether oxygens (including phenoxy) is 1. The summed E-state index contributed by atoms with van der Waals surface area (Å²) >= 11 is 0. The smallest absolute Gasteiger partial charge is 0.119 e. The van der Waals surface area contributed by atoms with E-state index in [4.69, 9.17) is 4.74 Å². The molecule has 2 aliphatic rings. The molecule has 1 aliphatic heterocycles. The molecular formula is C20H32N2O2. The highest BCUT2D eigenvalue weighted by molar-refractivity contribution is 5.27. The molecule has 1 aromatic carbocycles. The van der Waals surface area contributed by atoms with Gasteiger partial charge in [0, 0.05) is 19.6 Å². The van der Waals surface area contributed by atoms with Gasteiger partial charge in [-0.25, -0.2) is 0 Å². The summed E-state index contributed by atoms with van der Waals surface area (Å²) in [6.45, 7) is 6.17. The minimum Gasteiger partial charge on any atom is -0.492 e. The van der Waals surface area contributed by atoms with Crippen LogP contribution in [-0.2, 0) is 6.54 Å². The Morgan fingerprint density at radius 2 is 1.88 bits per heavy atom. The van der Waals surface area contributed by atoms with Crippen LogP contribution in [0.25, 0.3) is 0 Å². The number of benzene rings is 1. The third kappa shape index (κ3) is 5.20.